The second kappa shape index (κ2) is 10.2. The van der Waals surface area contributed by atoms with Crippen LogP contribution in [0.4, 0.5) is 16.0 Å². The highest BCUT2D eigenvalue weighted by Gasteiger charge is 2.55. The Kier molecular flexibility index (Phi) is 6.92. The minimum Gasteiger partial charge on any atom is -0.381 e. The van der Waals surface area contributed by atoms with Gasteiger partial charge >= 0.3 is 0 Å². The molecule has 2 aliphatic carbocycles. The molecule has 194 valence electrons. The van der Waals surface area contributed by atoms with Gasteiger partial charge in [0, 0.05) is 71.9 Å². The van der Waals surface area contributed by atoms with Crippen molar-refractivity contribution >= 4 is 34.0 Å². The number of nitrogens with zero attached hydrogens (tertiary/aromatic N) is 2. The maximum absolute atomic E-state index is 14.6. The summed E-state index contributed by atoms with van der Waals surface area (Å²) in [5, 5.41) is 11.0. The van der Waals surface area contributed by atoms with Crippen molar-refractivity contribution in [3.8, 4) is 11.3 Å². The SMILES string of the molecule is O=S1CC(NC2CCC(Nc3cc(-c4ccc(F)c(NCC56CCOCC5C6)n4)c(Cl)cn3)CC2)C1. The van der Waals surface area contributed by atoms with Crippen molar-refractivity contribution < 1.29 is 13.3 Å². The average Bonchev–Trinajstić information content (AvgIpc) is 3.60. The number of hydrogen-bond donors (Lipinski definition) is 3. The molecule has 0 bridgehead atoms. The highest BCUT2D eigenvalue weighted by molar-refractivity contribution is 7.86. The first-order valence-corrected chi connectivity index (χ1v) is 14.9. The van der Waals surface area contributed by atoms with Gasteiger partial charge in [0.2, 0.25) is 0 Å². The predicted octanol–water partition coefficient (Wildman–Crippen LogP) is 4.22. The fraction of sp³-hybridized carbons (Fsp3) is 0.615. The van der Waals surface area contributed by atoms with Crippen molar-refractivity contribution in [2.24, 2.45) is 11.3 Å². The minimum atomic E-state index is -0.614. The van der Waals surface area contributed by atoms with Crippen molar-refractivity contribution in [3.05, 3.63) is 35.2 Å². The summed E-state index contributed by atoms with van der Waals surface area (Å²) in [5.74, 6) is 2.82. The molecule has 4 aliphatic rings. The molecule has 0 spiro atoms. The molecule has 10 heteroatoms. The van der Waals surface area contributed by atoms with E-state index in [0.29, 0.717) is 41.3 Å². The minimum absolute atomic E-state index is 0.221. The number of ether oxygens (including phenoxy) is 1. The number of fused-ring (bicyclic) bond motifs is 1. The predicted molar refractivity (Wildman–Crippen MR) is 141 cm³/mol. The van der Waals surface area contributed by atoms with E-state index >= 15 is 0 Å². The first-order chi connectivity index (χ1) is 17.5. The molecule has 2 saturated carbocycles. The van der Waals surface area contributed by atoms with Gasteiger partial charge in [0.15, 0.2) is 11.6 Å². The monoisotopic (exact) mass is 533 g/mol. The van der Waals surface area contributed by atoms with Gasteiger partial charge in [-0.15, -0.1) is 0 Å². The fourth-order valence-electron chi connectivity index (χ4n) is 5.91. The number of aromatic nitrogens is 2. The number of rotatable bonds is 8. The normalized spacial score (nSPS) is 33.3. The average molecular weight is 534 g/mol. The second-order valence-electron chi connectivity index (χ2n) is 10.8. The lowest BCUT2D eigenvalue weighted by Crippen LogP contribution is -2.53. The third-order valence-electron chi connectivity index (χ3n) is 8.33. The quantitative estimate of drug-likeness (QED) is 0.468. The Balaban J connectivity index is 1.09. The van der Waals surface area contributed by atoms with Crippen LogP contribution in [-0.4, -0.2) is 63.6 Å². The molecule has 0 radical (unpaired) electrons. The smallest absolute Gasteiger partial charge is 0.165 e. The third-order valence-corrected chi connectivity index (χ3v) is 10.2. The van der Waals surface area contributed by atoms with E-state index in [1.54, 1.807) is 12.3 Å². The van der Waals surface area contributed by atoms with Crippen molar-refractivity contribution in [3.63, 3.8) is 0 Å². The number of hydrogen-bond acceptors (Lipinski definition) is 7. The summed E-state index contributed by atoms with van der Waals surface area (Å²) in [7, 11) is -0.614. The van der Waals surface area contributed by atoms with Crippen molar-refractivity contribution in [2.45, 2.75) is 56.7 Å². The second-order valence-corrected chi connectivity index (χ2v) is 12.8. The molecule has 3 N–H and O–H groups in total. The summed E-state index contributed by atoms with van der Waals surface area (Å²) >= 11 is 6.50. The fourth-order valence-corrected chi connectivity index (χ4v) is 7.11. The Morgan fingerprint density at radius 3 is 2.75 bits per heavy atom. The van der Waals surface area contributed by atoms with E-state index in [1.165, 1.54) is 6.07 Å². The molecule has 2 aromatic heterocycles. The van der Waals surface area contributed by atoms with Crippen molar-refractivity contribution in [1.29, 1.82) is 0 Å². The number of nitrogens with one attached hydrogen (secondary N) is 3. The van der Waals surface area contributed by atoms with E-state index in [2.05, 4.69) is 25.9 Å². The van der Waals surface area contributed by atoms with E-state index in [4.69, 9.17) is 16.3 Å². The van der Waals surface area contributed by atoms with Crippen molar-refractivity contribution in [2.75, 3.05) is 41.9 Å². The van der Waals surface area contributed by atoms with Gasteiger partial charge in [0.1, 0.15) is 5.82 Å². The third kappa shape index (κ3) is 5.26. The van der Waals surface area contributed by atoms with Crippen LogP contribution in [0.5, 0.6) is 0 Å². The van der Waals surface area contributed by atoms with Gasteiger partial charge in [-0.3, -0.25) is 4.21 Å². The zero-order valence-corrected chi connectivity index (χ0v) is 21.8. The van der Waals surface area contributed by atoms with Crippen LogP contribution in [-0.2, 0) is 15.5 Å². The molecule has 2 atom stereocenters. The Bertz CT molecular complexity index is 1140. The highest BCUT2D eigenvalue weighted by atomic mass is 35.5. The molecular formula is C26H33ClFN5O2S. The molecular weight excluding hydrogens is 501 g/mol. The molecule has 0 aromatic carbocycles. The lowest BCUT2D eigenvalue weighted by molar-refractivity contribution is 0.0650. The molecule has 36 heavy (non-hydrogen) atoms. The molecule has 2 saturated heterocycles. The Morgan fingerprint density at radius 1 is 1.17 bits per heavy atom. The van der Waals surface area contributed by atoms with Gasteiger partial charge in [0.25, 0.3) is 0 Å². The van der Waals surface area contributed by atoms with E-state index in [-0.39, 0.29) is 17.1 Å². The molecule has 6 rings (SSSR count). The lowest BCUT2D eigenvalue weighted by atomic mass is 9.90. The zero-order valence-electron chi connectivity index (χ0n) is 20.3. The number of pyridine rings is 2. The van der Waals surface area contributed by atoms with Crippen LogP contribution in [0.2, 0.25) is 5.02 Å². The summed E-state index contributed by atoms with van der Waals surface area (Å²) < 4.78 is 31.5. The van der Waals surface area contributed by atoms with Gasteiger partial charge in [0.05, 0.1) is 10.7 Å². The first kappa shape index (κ1) is 24.5. The van der Waals surface area contributed by atoms with E-state index in [1.807, 2.05) is 6.07 Å². The van der Waals surface area contributed by atoms with Gasteiger partial charge in [-0.2, -0.15) is 0 Å². The van der Waals surface area contributed by atoms with E-state index in [9.17, 15) is 8.60 Å². The molecule has 2 unspecified atom stereocenters. The molecule has 2 aromatic rings. The van der Waals surface area contributed by atoms with Crippen LogP contribution >= 0.6 is 11.6 Å². The maximum Gasteiger partial charge on any atom is 0.165 e. The molecule has 2 aliphatic heterocycles. The Labute approximate surface area is 218 Å². The van der Waals surface area contributed by atoms with Gasteiger partial charge < -0.3 is 20.7 Å². The molecule has 7 nitrogen and oxygen atoms in total. The van der Waals surface area contributed by atoms with Gasteiger partial charge in [-0.05, 0) is 68.1 Å². The van der Waals surface area contributed by atoms with Crippen LogP contribution in [0, 0.1) is 17.2 Å². The lowest BCUT2D eigenvalue weighted by Gasteiger charge is -2.35. The first-order valence-electron chi connectivity index (χ1n) is 13.0. The topological polar surface area (TPSA) is 88.2 Å². The zero-order chi connectivity index (χ0) is 24.7. The standard InChI is InChI=1S/C26H33ClFN5O2S/c27-21-11-29-24(32-18-3-1-17(2-4-18)31-19-13-36(34)14-19)9-20(21)23-6-5-22(28)25(33-23)30-15-26-7-8-35-12-16(26)10-26/h5-6,9,11,16-19,31H,1-4,7-8,10,12-15H2,(H,29,32)(H,30,33). The number of halogens is 2. The molecule has 4 fully saturated rings. The van der Waals surface area contributed by atoms with Crippen LogP contribution < -0.4 is 16.0 Å². The van der Waals surface area contributed by atoms with E-state index < -0.39 is 10.8 Å². The van der Waals surface area contributed by atoms with Crippen molar-refractivity contribution in [1.82, 2.24) is 15.3 Å². The molecule has 4 heterocycles. The summed E-state index contributed by atoms with van der Waals surface area (Å²) in [6, 6.07) is 6.29. The van der Waals surface area contributed by atoms with E-state index in [0.717, 1.165) is 74.6 Å². The van der Waals surface area contributed by atoms with Gasteiger partial charge in [-0.25, -0.2) is 14.4 Å². The summed E-state index contributed by atoms with van der Waals surface area (Å²) in [5.41, 5.74) is 1.58. The Morgan fingerprint density at radius 2 is 1.97 bits per heavy atom. The number of anilines is 2. The summed E-state index contributed by atoms with van der Waals surface area (Å²) in [4.78, 5) is 9.08. The van der Waals surface area contributed by atoms with Gasteiger partial charge in [-0.1, -0.05) is 11.6 Å². The maximum atomic E-state index is 14.6. The van der Waals surface area contributed by atoms with Crippen LogP contribution in [0.3, 0.4) is 0 Å². The van der Waals surface area contributed by atoms with Crippen LogP contribution in [0.15, 0.2) is 24.4 Å². The molecule has 0 amide bonds. The Hall–Kier alpha value is -1.81. The summed E-state index contributed by atoms with van der Waals surface area (Å²) in [6.45, 7) is 2.29. The highest BCUT2D eigenvalue weighted by Crippen LogP contribution is 2.57. The van der Waals surface area contributed by atoms with Crippen LogP contribution in [0.1, 0.15) is 38.5 Å². The summed E-state index contributed by atoms with van der Waals surface area (Å²) in [6.07, 6.45) is 8.04. The van der Waals surface area contributed by atoms with Crippen LogP contribution in [0.25, 0.3) is 11.3 Å². The largest absolute Gasteiger partial charge is 0.381 e.